The van der Waals surface area contributed by atoms with Gasteiger partial charge in [-0.15, -0.1) is 22.4 Å². The van der Waals surface area contributed by atoms with E-state index in [0.717, 1.165) is 0 Å². The molecule has 0 nitrogen and oxygen atoms in total. The first kappa shape index (κ1) is 14.0. The molecule has 0 atom stereocenters. The predicted molar refractivity (Wildman–Crippen MR) is 85.6 cm³/mol. The summed E-state index contributed by atoms with van der Waals surface area (Å²) in [6.45, 7) is 3.64. The lowest BCUT2D eigenvalue weighted by Gasteiger charge is -2.12. The van der Waals surface area contributed by atoms with E-state index in [9.17, 15) is 0 Å². The lowest BCUT2D eigenvalue weighted by Crippen LogP contribution is -2.03. The second-order valence-corrected chi connectivity index (χ2v) is 14.0. The molecule has 0 heterocycles. The Balaban J connectivity index is 2.04. The Morgan fingerprint density at radius 1 is 0.778 bits per heavy atom. The van der Waals surface area contributed by atoms with Crippen LogP contribution in [0.2, 0.25) is 0 Å². The number of rotatable bonds is 4. The molecule has 0 aliphatic carbocycles. The Morgan fingerprint density at radius 3 is 1.56 bits per heavy atom. The summed E-state index contributed by atoms with van der Waals surface area (Å²) >= 11 is 3.90. The van der Waals surface area contributed by atoms with Crippen LogP contribution in [0, 0.1) is 13.8 Å². The first-order valence-electron chi connectivity index (χ1n) is 5.72. The highest BCUT2D eigenvalue weighted by Crippen LogP contribution is 2.33. The van der Waals surface area contributed by atoms with Gasteiger partial charge in [0.2, 0.25) is 0 Å². The van der Waals surface area contributed by atoms with Gasteiger partial charge in [0.1, 0.15) is 0 Å². The highest BCUT2D eigenvalue weighted by molar-refractivity contribution is 8.58. The fraction of sp³-hybridized carbons (Fsp3) is 0.143. The van der Waals surface area contributed by atoms with Crippen LogP contribution in [0.1, 0.15) is 11.1 Å². The molecule has 0 bridgehead atoms. The molecule has 0 spiro atoms. The SMILES string of the molecule is Cc1ccccc1S[Si]([Si])Sc1ccccc1C. The van der Waals surface area contributed by atoms with Crippen molar-refractivity contribution in [2.24, 2.45) is 0 Å². The topological polar surface area (TPSA) is 0 Å². The highest BCUT2D eigenvalue weighted by atomic mass is 32.6. The van der Waals surface area contributed by atoms with Gasteiger partial charge in [0.25, 0.3) is 0 Å². The highest BCUT2D eigenvalue weighted by Gasteiger charge is 2.11. The summed E-state index contributed by atoms with van der Waals surface area (Å²) in [5, 5.41) is 0. The van der Waals surface area contributed by atoms with Crippen LogP contribution in [-0.4, -0.2) is 16.4 Å². The molecule has 0 N–H and O–H groups in total. The molecule has 4 heteroatoms. The summed E-state index contributed by atoms with van der Waals surface area (Å²) < 4.78 is 0. The molecular formula is C14H14S2Si2. The van der Waals surface area contributed by atoms with Gasteiger partial charge in [0.05, 0.1) is 0 Å². The molecule has 18 heavy (non-hydrogen) atoms. The van der Waals surface area contributed by atoms with Gasteiger partial charge in [-0.05, 0) is 37.1 Å². The minimum Gasteiger partial charge on any atom is -0.143 e. The maximum absolute atomic E-state index is 3.90. The summed E-state index contributed by atoms with van der Waals surface area (Å²) in [4.78, 5) is 2.75. The molecule has 0 aromatic heterocycles. The van der Waals surface area contributed by atoms with E-state index in [1.807, 2.05) is 22.4 Å². The summed E-state index contributed by atoms with van der Waals surface area (Å²) in [5.74, 6) is 0. The molecule has 90 valence electrons. The Kier molecular flexibility index (Phi) is 5.17. The van der Waals surface area contributed by atoms with E-state index >= 15 is 0 Å². The van der Waals surface area contributed by atoms with E-state index in [1.54, 1.807) is 0 Å². The van der Waals surface area contributed by atoms with Gasteiger partial charge in [-0.2, -0.15) is 0 Å². The normalized spacial score (nSPS) is 10.9. The predicted octanol–water partition coefficient (Wildman–Crippen LogP) is 4.34. The average Bonchev–Trinajstić information content (AvgIpc) is 2.35. The van der Waals surface area contributed by atoms with Gasteiger partial charge >= 0.3 is 0 Å². The smallest absolute Gasteiger partial charge is 0.143 e. The Labute approximate surface area is 122 Å². The van der Waals surface area contributed by atoms with Gasteiger partial charge < -0.3 is 0 Å². The van der Waals surface area contributed by atoms with E-state index in [4.69, 9.17) is 0 Å². The molecule has 0 amide bonds. The van der Waals surface area contributed by atoms with Crippen molar-refractivity contribution in [2.45, 2.75) is 23.6 Å². The van der Waals surface area contributed by atoms with Crippen LogP contribution in [-0.2, 0) is 0 Å². The number of hydrogen-bond acceptors (Lipinski definition) is 2. The van der Waals surface area contributed by atoms with Crippen molar-refractivity contribution in [3.8, 4) is 0 Å². The summed E-state index contributed by atoms with van der Waals surface area (Å²) in [6.07, 6.45) is 0. The molecule has 0 saturated carbocycles. The van der Waals surface area contributed by atoms with Crippen LogP contribution in [0.15, 0.2) is 58.3 Å². The van der Waals surface area contributed by atoms with Crippen molar-refractivity contribution < 1.29 is 0 Å². The van der Waals surface area contributed by atoms with Gasteiger partial charge in [-0.25, -0.2) is 0 Å². The van der Waals surface area contributed by atoms with Crippen molar-refractivity contribution in [1.29, 1.82) is 0 Å². The van der Waals surface area contributed by atoms with Gasteiger partial charge in [-0.3, -0.25) is 0 Å². The molecule has 4 radical (unpaired) electrons. The third kappa shape index (κ3) is 3.78. The van der Waals surface area contributed by atoms with Gasteiger partial charge in [-0.1, -0.05) is 36.4 Å². The fourth-order valence-corrected chi connectivity index (χ4v) is 9.42. The van der Waals surface area contributed by atoms with Gasteiger partial charge in [0, 0.05) is 19.6 Å². The third-order valence-electron chi connectivity index (χ3n) is 2.59. The lowest BCUT2D eigenvalue weighted by atomic mass is 10.2. The fourth-order valence-electron chi connectivity index (χ4n) is 1.56. The monoisotopic (exact) mass is 302 g/mol. The maximum Gasteiger partial charge on any atom is 0.180 e. The second kappa shape index (κ2) is 6.66. The van der Waals surface area contributed by atoms with Gasteiger partial charge in [0.15, 0.2) is 6.61 Å². The minimum absolute atomic E-state index is 0.700. The largest absolute Gasteiger partial charge is 0.180 e. The van der Waals surface area contributed by atoms with E-state index in [1.165, 1.54) is 20.9 Å². The van der Waals surface area contributed by atoms with Crippen molar-refractivity contribution in [3.63, 3.8) is 0 Å². The second-order valence-electron chi connectivity index (χ2n) is 4.02. The zero-order chi connectivity index (χ0) is 13.0. The molecular weight excluding hydrogens is 288 g/mol. The lowest BCUT2D eigenvalue weighted by molar-refractivity contribution is 1.31. The summed E-state index contributed by atoms with van der Waals surface area (Å²) in [6, 6.07) is 17.1. The number of benzene rings is 2. The molecule has 2 aromatic carbocycles. The minimum atomic E-state index is -0.700. The van der Waals surface area contributed by atoms with Crippen LogP contribution in [0.5, 0.6) is 0 Å². The third-order valence-corrected chi connectivity index (χ3v) is 10.1. The zero-order valence-corrected chi connectivity index (χ0v) is 14.1. The van der Waals surface area contributed by atoms with Crippen LogP contribution in [0.4, 0.5) is 0 Å². The summed E-state index contributed by atoms with van der Waals surface area (Å²) in [7, 11) is 3.90. The first-order valence-corrected chi connectivity index (χ1v) is 11.8. The molecule has 0 aliphatic heterocycles. The van der Waals surface area contributed by atoms with Crippen molar-refractivity contribution in [3.05, 3.63) is 59.7 Å². The van der Waals surface area contributed by atoms with Crippen molar-refractivity contribution in [2.75, 3.05) is 0 Å². The molecule has 0 saturated heterocycles. The Hall–Kier alpha value is -0.426. The van der Waals surface area contributed by atoms with Crippen LogP contribution in [0.3, 0.4) is 0 Å². The van der Waals surface area contributed by atoms with E-state index < -0.39 is 6.61 Å². The number of aryl methyl sites for hydroxylation is 2. The van der Waals surface area contributed by atoms with Crippen LogP contribution in [0.25, 0.3) is 0 Å². The molecule has 0 aliphatic rings. The van der Waals surface area contributed by atoms with Crippen molar-refractivity contribution >= 4 is 38.8 Å². The molecule has 2 aromatic rings. The molecule has 2 rings (SSSR count). The van der Waals surface area contributed by atoms with Crippen molar-refractivity contribution in [1.82, 2.24) is 0 Å². The zero-order valence-electron chi connectivity index (χ0n) is 10.4. The van der Waals surface area contributed by atoms with Crippen LogP contribution >= 0.6 is 22.4 Å². The molecule has 0 unspecified atom stereocenters. The van der Waals surface area contributed by atoms with E-state index in [-0.39, 0.29) is 0 Å². The standard InChI is InChI=1S/C14H14S2Si2/c1-11-7-3-5-9-13(11)15-18(17)16-14-10-6-4-8-12(14)2/h3-10H,1-2H3. The first-order chi connectivity index (χ1) is 8.66. The average molecular weight is 303 g/mol. The van der Waals surface area contributed by atoms with E-state index in [2.05, 4.69) is 72.1 Å². The Morgan fingerprint density at radius 2 is 1.17 bits per heavy atom. The van der Waals surface area contributed by atoms with Crippen LogP contribution < -0.4 is 0 Å². The summed E-state index contributed by atoms with van der Waals surface area (Å²) in [5.41, 5.74) is 2.71. The quantitative estimate of drug-likeness (QED) is 0.771. The van der Waals surface area contributed by atoms with E-state index in [0.29, 0.717) is 0 Å². The number of hydrogen-bond donors (Lipinski definition) is 0. The maximum atomic E-state index is 3.90. The molecule has 0 fully saturated rings. The Bertz CT molecular complexity index is 481.